The predicted molar refractivity (Wildman–Crippen MR) is 90.1 cm³/mol. The van der Waals surface area contributed by atoms with E-state index in [1.165, 1.54) is 12.1 Å². The Labute approximate surface area is 146 Å². The van der Waals surface area contributed by atoms with E-state index in [0.29, 0.717) is 23.4 Å². The van der Waals surface area contributed by atoms with Crippen molar-refractivity contribution in [2.45, 2.75) is 25.8 Å². The van der Waals surface area contributed by atoms with Crippen LogP contribution in [0.2, 0.25) is 0 Å². The number of urea groups is 1. The summed E-state index contributed by atoms with van der Waals surface area (Å²) in [7, 11) is 0. The van der Waals surface area contributed by atoms with Crippen molar-refractivity contribution < 1.29 is 18.7 Å². The van der Waals surface area contributed by atoms with Gasteiger partial charge in [0.15, 0.2) is 0 Å². The fourth-order valence-corrected chi connectivity index (χ4v) is 3.26. The summed E-state index contributed by atoms with van der Waals surface area (Å²) in [4.78, 5) is 26.9. The average molecular weight is 347 g/mol. The number of amides is 2. The van der Waals surface area contributed by atoms with Crippen molar-refractivity contribution in [3.05, 3.63) is 46.9 Å². The molecule has 1 saturated heterocycles. The van der Waals surface area contributed by atoms with E-state index >= 15 is 0 Å². The number of hydrogen-bond donors (Lipinski definition) is 2. The summed E-state index contributed by atoms with van der Waals surface area (Å²) < 4.78 is 18.5. The number of esters is 1. The van der Waals surface area contributed by atoms with E-state index in [1.54, 1.807) is 19.1 Å². The zero-order chi connectivity index (χ0) is 17.8. The molecule has 0 aromatic heterocycles. The fourth-order valence-electron chi connectivity index (χ4n) is 3.26. The first-order chi connectivity index (χ1) is 12.1. The molecule has 1 fully saturated rings. The summed E-state index contributed by atoms with van der Waals surface area (Å²) in [5.74, 6) is -0.846. The minimum absolute atomic E-state index is 0.239. The monoisotopic (exact) mass is 347 g/mol. The third kappa shape index (κ3) is 3.99. The number of nitrogens with zero attached hydrogens (tertiary/aromatic N) is 1. The van der Waals surface area contributed by atoms with Crippen molar-refractivity contribution in [3.63, 3.8) is 0 Å². The predicted octanol–water partition coefficient (Wildman–Crippen LogP) is 2.09. The summed E-state index contributed by atoms with van der Waals surface area (Å²) in [5.41, 5.74) is 1.57. The summed E-state index contributed by atoms with van der Waals surface area (Å²) >= 11 is 0. The van der Waals surface area contributed by atoms with Crippen LogP contribution in [-0.2, 0) is 9.53 Å². The number of carbonyl (C=O) groups excluding carboxylic acids is 2. The van der Waals surface area contributed by atoms with E-state index in [0.717, 1.165) is 25.9 Å². The molecule has 3 rings (SSSR count). The molecule has 2 heterocycles. The van der Waals surface area contributed by atoms with Gasteiger partial charge in [-0.1, -0.05) is 12.1 Å². The standard InChI is InChI=1S/C18H22FN3O3/c1-2-25-17(23)15-14(11-22-9-3-4-10-22)20-18(24)21-16(15)12-5-7-13(19)8-6-12/h5-8,16H,2-4,9-11H2,1H3,(H2,20,21,24). The van der Waals surface area contributed by atoms with Crippen LogP contribution in [0.1, 0.15) is 31.4 Å². The van der Waals surface area contributed by atoms with Gasteiger partial charge in [0, 0.05) is 12.2 Å². The van der Waals surface area contributed by atoms with Gasteiger partial charge in [-0.25, -0.2) is 14.0 Å². The molecule has 6 nitrogen and oxygen atoms in total. The van der Waals surface area contributed by atoms with Crippen LogP contribution in [0.15, 0.2) is 35.5 Å². The van der Waals surface area contributed by atoms with E-state index < -0.39 is 12.0 Å². The molecule has 0 saturated carbocycles. The van der Waals surface area contributed by atoms with Gasteiger partial charge in [0.2, 0.25) is 0 Å². The van der Waals surface area contributed by atoms with Gasteiger partial charge in [0.25, 0.3) is 0 Å². The number of likely N-dealkylation sites (tertiary alicyclic amines) is 1. The van der Waals surface area contributed by atoms with Gasteiger partial charge in [0.1, 0.15) is 5.82 Å². The molecule has 0 aliphatic carbocycles. The Morgan fingerprint density at radius 3 is 2.60 bits per heavy atom. The topological polar surface area (TPSA) is 70.7 Å². The SMILES string of the molecule is CCOC(=O)C1=C(CN2CCCC2)NC(=O)NC1c1ccc(F)cc1. The third-order valence-electron chi connectivity index (χ3n) is 4.43. The number of benzene rings is 1. The third-order valence-corrected chi connectivity index (χ3v) is 4.43. The van der Waals surface area contributed by atoms with Crippen LogP contribution in [-0.4, -0.2) is 43.1 Å². The molecule has 0 bridgehead atoms. The molecule has 1 aromatic rings. The van der Waals surface area contributed by atoms with Crippen molar-refractivity contribution in [1.82, 2.24) is 15.5 Å². The van der Waals surface area contributed by atoms with Crippen molar-refractivity contribution >= 4 is 12.0 Å². The zero-order valence-electron chi connectivity index (χ0n) is 14.2. The van der Waals surface area contributed by atoms with Crippen molar-refractivity contribution in [1.29, 1.82) is 0 Å². The first-order valence-electron chi connectivity index (χ1n) is 8.54. The number of nitrogens with one attached hydrogen (secondary N) is 2. The molecule has 2 N–H and O–H groups in total. The molecule has 1 atom stereocenters. The summed E-state index contributed by atoms with van der Waals surface area (Å²) in [6, 6.07) is 4.72. The molecule has 25 heavy (non-hydrogen) atoms. The maximum atomic E-state index is 13.2. The maximum Gasteiger partial charge on any atom is 0.338 e. The van der Waals surface area contributed by atoms with Crippen LogP contribution in [0.3, 0.4) is 0 Å². The Balaban J connectivity index is 1.98. The Bertz CT molecular complexity index is 681. The van der Waals surface area contributed by atoms with Gasteiger partial charge in [-0.05, 0) is 50.6 Å². The first-order valence-corrected chi connectivity index (χ1v) is 8.54. The highest BCUT2D eigenvalue weighted by Crippen LogP contribution is 2.28. The second kappa shape index (κ2) is 7.65. The molecule has 1 unspecified atom stereocenters. The lowest BCUT2D eigenvalue weighted by molar-refractivity contribution is -0.139. The van der Waals surface area contributed by atoms with Gasteiger partial charge in [-0.15, -0.1) is 0 Å². The number of hydrogen-bond acceptors (Lipinski definition) is 4. The molecule has 2 amide bonds. The lowest BCUT2D eigenvalue weighted by Gasteiger charge is -2.31. The Kier molecular flexibility index (Phi) is 5.33. The van der Waals surface area contributed by atoms with E-state index in [-0.39, 0.29) is 18.5 Å². The molecule has 2 aliphatic rings. The smallest absolute Gasteiger partial charge is 0.338 e. The summed E-state index contributed by atoms with van der Waals surface area (Å²) in [6.07, 6.45) is 2.21. The van der Waals surface area contributed by atoms with E-state index in [4.69, 9.17) is 4.74 Å². The summed E-state index contributed by atoms with van der Waals surface area (Å²) in [6.45, 7) is 4.33. The van der Waals surface area contributed by atoms with E-state index in [9.17, 15) is 14.0 Å². The quantitative estimate of drug-likeness (QED) is 0.800. The second-order valence-electron chi connectivity index (χ2n) is 6.18. The lowest BCUT2D eigenvalue weighted by Crippen LogP contribution is -2.48. The average Bonchev–Trinajstić information content (AvgIpc) is 3.08. The van der Waals surface area contributed by atoms with Crippen LogP contribution in [0.5, 0.6) is 0 Å². The minimum Gasteiger partial charge on any atom is -0.463 e. The molecular formula is C18H22FN3O3. The van der Waals surface area contributed by atoms with Gasteiger partial charge in [0.05, 0.1) is 18.2 Å². The number of rotatable bonds is 5. The molecule has 134 valence electrons. The van der Waals surface area contributed by atoms with Crippen LogP contribution in [0.4, 0.5) is 9.18 Å². The Hall–Kier alpha value is -2.41. The highest BCUT2D eigenvalue weighted by Gasteiger charge is 2.34. The molecular weight excluding hydrogens is 325 g/mol. The zero-order valence-corrected chi connectivity index (χ0v) is 14.2. The maximum absolute atomic E-state index is 13.2. The Morgan fingerprint density at radius 1 is 1.28 bits per heavy atom. The number of ether oxygens (including phenoxy) is 1. The van der Waals surface area contributed by atoms with Crippen molar-refractivity contribution in [2.75, 3.05) is 26.2 Å². The molecule has 0 radical (unpaired) electrons. The fraction of sp³-hybridized carbons (Fsp3) is 0.444. The lowest BCUT2D eigenvalue weighted by atomic mass is 9.95. The molecule has 0 spiro atoms. The Morgan fingerprint density at radius 2 is 1.96 bits per heavy atom. The van der Waals surface area contributed by atoms with Crippen LogP contribution >= 0.6 is 0 Å². The number of halogens is 1. The second-order valence-corrected chi connectivity index (χ2v) is 6.18. The van der Waals surface area contributed by atoms with Crippen LogP contribution < -0.4 is 10.6 Å². The largest absolute Gasteiger partial charge is 0.463 e. The first kappa shape index (κ1) is 17.4. The molecule has 1 aromatic carbocycles. The number of carbonyl (C=O) groups is 2. The van der Waals surface area contributed by atoms with Gasteiger partial charge < -0.3 is 15.4 Å². The van der Waals surface area contributed by atoms with Crippen molar-refractivity contribution in [2.24, 2.45) is 0 Å². The van der Waals surface area contributed by atoms with Crippen LogP contribution in [0, 0.1) is 5.82 Å². The minimum atomic E-state index is -0.661. The molecule has 7 heteroatoms. The van der Waals surface area contributed by atoms with Crippen molar-refractivity contribution in [3.8, 4) is 0 Å². The molecule has 2 aliphatic heterocycles. The highest BCUT2D eigenvalue weighted by molar-refractivity contribution is 5.95. The van der Waals surface area contributed by atoms with Gasteiger partial charge >= 0.3 is 12.0 Å². The normalized spacial score (nSPS) is 21.0. The highest BCUT2D eigenvalue weighted by atomic mass is 19.1. The van der Waals surface area contributed by atoms with E-state index in [2.05, 4.69) is 15.5 Å². The van der Waals surface area contributed by atoms with Gasteiger partial charge in [-0.2, -0.15) is 0 Å². The summed E-state index contributed by atoms with van der Waals surface area (Å²) in [5, 5.41) is 5.50. The van der Waals surface area contributed by atoms with Crippen LogP contribution in [0.25, 0.3) is 0 Å². The van der Waals surface area contributed by atoms with Gasteiger partial charge in [-0.3, -0.25) is 4.90 Å². The van der Waals surface area contributed by atoms with E-state index in [1.807, 2.05) is 0 Å².